The third-order valence-electron chi connectivity index (χ3n) is 1.86. The Bertz CT molecular complexity index is 128. The summed E-state index contributed by atoms with van der Waals surface area (Å²) in [6, 6.07) is 0. The van der Waals surface area contributed by atoms with Gasteiger partial charge in [0.15, 0.2) is 0 Å². The highest BCUT2D eigenvalue weighted by molar-refractivity contribution is 14.1. The van der Waals surface area contributed by atoms with Gasteiger partial charge < -0.3 is 8.17 Å². The molecule has 0 heterocycles. The molecule has 0 atom stereocenters. The summed E-state index contributed by atoms with van der Waals surface area (Å²) < 4.78 is 4.89. The zero-order valence-electron chi connectivity index (χ0n) is 7.80. The fraction of sp³-hybridized carbons (Fsp3) is 0.889. The first-order chi connectivity index (χ1) is 6.27. The molecule has 0 saturated heterocycles. The Morgan fingerprint density at radius 2 is 1.62 bits per heavy atom. The van der Waals surface area contributed by atoms with Crippen LogP contribution in [0.2, 0.25) is 0 Å². The Kier molecular flexibility index (Phi) is 10.4. The van der Waals surface area contributed by atoms with Crippen LogP contribution in [0.4, 0.5) is 0 Å². The van der Waals surface area contributed by atoms with Gasteiger partial charge in [0.25, 0.3) is 0 Å². The van der Waals surface area contributed by atoms with Crippen LogP contribution in [-0.2, 0) is 7.86 Å². The van der Waals surface area contributed by atoms with E-state index in [1.807, 2.05) is 23.0 Å². The van der Waals surface area contributed by atoms with Crippen LogP contribution in [0, 0.1) is 0 Å². The summed E-state index contributed by atoms with van der Waals surface area (Å²) in [5, 5.41) is 8.37. The highest BCUT2D eigenvalue weighted by atomic mass is 127. The Balaban J connectivity index is 2.87. The normalized spacial score (nSPS) is 10.2. The fourth-order valence-electron chi connectivity index (χ4n) is 1.14. The number of hydrogen-bond donors (Lipinski definition) is 1. The second kappa shape index (κ2) is 10.2. The number of carboxylic acids is 1. The summed E-state index contributed by atoms with van der Waals surface area (Å²) >= 11 is 1.90. The van der Waals surface area contributed by atoms with Gasteiger partial charge in [-0.3, -0.25) is 4.79 Å². The molecule has 0 spiro atoms. The zero-order valence-corrected chi connectivity index (χ0v) is 9.96. The standard InChI is InChI=1S/C9H17IO3/c10-13-8-6-4-2-1-3-5-7-9(11)12/h1-8H2,(H,11,12). The molecule has 1 N–H and O–H groups in total. The molecule has 0 unspecified atom stereocenters. The molecule has 0 bridgehead atoms. The van der Waals surface area contributed by atoms with Crippen LogP contribution < -0.4 is 0 Å². The van der Waals surface area contributed by atoms with Crippen LogP contribution in [0.3, 0.4) is 0 Å². The minimum atomic E-state index is -0.682. The van der Waals surface area contributed by atoms with E-state index in [0.717, 1.165) is 32.3 Å². The van der Waals surface area contributed by atoms with E-state index < -0.39 is 5.97 Å². The molecule has 0 fully saturated rings. The fourth-order valence-corrected chi connectivity index (χ4v) is 1.45. The van der Waals surface area contributed by atoms with E-state index in [2.05, 4.69) is 0 Å². The molecule has 0 aliphatic rings. The minimum Gasteiger partial charge on any atom is -0.481 e. The van der Waals surface area contributed by atoms with Crippen molar-refractivity contribution in [3.05, 3.63) is 0 Å². The monoisotopic (exact) mass is 300 g/mol. The van der Waals surface area contributed by atoms with E-state index in [1.54, 1.807) is 0 Å². The Morgan fingerprint density at radius 1 is 1.08 bits per heavy atom. The molecule has 0 radical (unpaired) electrons. The van der Waals surface area contributed by atoms with Crippen molar-refractivity contribution in [2.75, 3.05) is 6.61 Å². The van der Waals surface area contributed by atoms with Gasteiger partial charge in [0.05, 0.1) is 6.61 Å². The van der Waals surface area contributed by atoms with Crippen molar-refractivity contribution < 1.29 is 13.0 Å². The van der Waals surface area contributed by atoms with Crippen molar-refractivity contribution in [2.24, 2.45) is 0 Å². The van der Waals surface area contributed by atoms with Crippen molar-refractivity contribution in [3.63, 3.8) is 0 Å². The van der Waals surface area contributed by atoms with Crippen molar-refractivity contribution in [1.29, 1.82) is 0 Å². The molecule has 0 aromatic carbocycles. The lowest BCUT2D eigenvalue weighted by molar-refractivity contribution is -0.137. The maximum absolute atomic E-state index is 10.2. The van der Waals surface area contributed by atoms with Crippen molar-refractivity contribution >= 4 is 29.0 Å². The van der Waals surface area contributed by atoms with E-state index in [1.165, 1.54) is 12.8 Å². The Labute approximate surface area is 93.5 Å². The first-order valence-corrected chi connectivity index (χ1v) is 5.61. The van der Waals surface area contributed by atoms with Gasteiger partial charge in [-0.2, -0.15) is 0 Å². The molecule has 78 valence electrons. The van der Waals surface area contributed by atoms with Crippen LogP contribution in [0.5, 0.6) is 0 Å². The van der Waals surface area contributed by atoms with Crippen LogP contribution in [0.1, 0.15) is 44.9 Å². The van der Waals surface area contributed by atoms with Gasteiger partial charge in [0.2, 0.25) is 0 Å². The lowest BCUT2D eigenvalue weighted by Gasteiger charge is -1.99. The molecular formula is C9H17IO3. The average Bonchev–Trinajstić information content (AvgIpc) is 2.09. The smallest absolute Gasteiger partial charge is 0.303 e. The number of carbonyl (C=O) groups is 1. The Morgan fingerprint density at radius 3 is 2.15 bits per heavy atom. The average molecular weight is 300 g/mol. The van der Waals surface area contributed by atoms with Gasteiger partial charge in [0.1, 0.15) is 23.0 Å². The number of halogens is 1. The molecule has 4 heteroatoms. The van der Waals surface area contributed by atoms with Gasteiger partial charge in [-0.25, -0.2) is 0 Å². The summed E-state index contributed by atoms with van der Waals surface area (Å²) in [6.45, 7) is 0.829. The van der Waals surface area contributed by atoms with E-state index in [0.29, 0.717) is 6.42 Å². The van der Waals surface area contributed by atoms with Gasteiger partial charge >= 0.3 is 5.97 Å². The summed E-state index contributed by atoms with van der Waals surface area (Å²) in [5.74, 6) is -0.682. The predicted octanol–water partition coefficient (Wildman–Crippen LogP) is 3.17. The molecule has 13 heavy (non-hydrogen) atoms. The van der Waals surface area contributed by atoms with E-state index in [-0.39, 0.29) is 0 Å². The van der Waals surface area contributed by atoms with Gasteiger partial charge in [-0.15, -0.1) is 0 Å². The Hall–Kier alpha value is 0.160. The summed E-state index contributed by atoms with van der Waals surface area (Å²) in [5.41, 5.74) is 0. The van der Waals surface area contributed by atoms with Crippen molar-refractivity contribution in [1.82, 2.24) is 0 Å². The molecule has 0 aliphatic heterocycles. The third-order valence-corrected chi connectivity index (χ3v) is 2.30. The molecule has 0 saturated carbocycles. The quantitative estimate of drug-likeness (QED) is 0.525. The number of unbranched alkanes of at least 4 members (excludes halogenated alkanes) is 5. The number of aliphatic carboxylic acids is 1. The molecule has 0 amide bonds. The lowest BCUT2D eigenvalue weighted by atomic mass is 10.1. The van der Waals surface area contributed by atoms with Gasteiger partial charge in [0, 0.05) is 6.42 Å². The van der Waals surface area contributed by atoms with Gasteiger partial charge in [-0.1, -0.05) is 25.7 Å². The minimum absolute atomic E-state index is 0.316. The number of hydrogen-bond acceptors (Lipinski definition) is 2. The molecular weight excluding hydrogens is 283 g/mol. The maximum Gasteiger partial charge on any atom is 0.303 e. The van der Waals surface area contributed by atoms with E-state index in [4.69, 9.17) is 8.17 Å². The number of rotatable bonds is 9. The lowest BCUT2D eigenvalue weighted by Crippen LogP contribution is -1.93. The number of carboxylic acid groups (broad SMARTS) is 1. The van der Waals surface area contributed by atoms with Crippen LogP contribution >= 0.6 is 23.0 Å². The van der Waals surface area contributed by atoms with Crippen molar-refractivity contribution in [3.8, 4) is 0 Å². The van der Waals surface area contributed by atoms with E-state index >= 15 is 0 Å². The third kappa shape index (κ3) is 12.2. The largest absolute Gasteiger partial charge is 0.481 e. The highest BCUT2D eigenvalue weighted by Gasteiger charge is 1.96. The molecule has 0 rings (SSSR count). The zero-order chi connectivity index (χ0) is 9.94. The molecule has 0 aromatic heterocycles. The molecule has 3 nitrogen and oxygen atoms in total. The molecule has 0 aromatic rings. The second-order valence-electron chi connectivity index (χ2n) is 3.08. The summed E-state index contributed by atoms with van der Waals surface area (Å²) in [4.78, 5) is 10.2. The summed E-state index contributed by atoms with van der Waals surface area (Å²) in [6.07, 6.45) is 6.82. The first kappa shape index (κ1) is 13.2. The first-order valence-electron chi connectivity index (χ1n) is 4.72. The second-order valence-corrected chi connectivity index (χ2v) is 3.70. The van der Waals surface area contributed by atoms with Crippen LogP contribution in [0.25, 0.3) is 0 Å². The van der Waals surface area contributed by atoms with Gasteiger partial charge in [-0.05, 0) is 12.8 Å². The van der Waals surface area contributed by atoms with Crippen LogP contribution in [-0.4, -0.2) is 17.7 Å². The maximum atomic E-state index is 10.2. The topological polar surface area (TPSA) is 46.5 Å². The summed E-state index contributed by atoms with van der Waals surface area (Å²) in [7, 11) is 0. The van der Waals surface area contributed by atoms with Crippen LogP contribution in [0.15, 0.2) is 0 Å². The highest BCUT2D eigenvalue weighted by Crippen LogP contribution is 2.07. The SMILES string of the molecule is O=C(O)CCCCCCCCOI. The molecule has 0 aliphatic carbocycles. The van der Waals surface area contributed by atoms with E-state index in [9.17, 15) is 4.79 Å². The predicted molar refractivity (Wildman–Crippen MR) is 59.9 cm³/mol. The van der Waals surface area contributed by atoms with Crippen molar-refractivity contribution in [2.45, 2.75) is 44.9 Å².